The van der Waals surface area contributed by atoms with E-state index in [-0.39, 0.29) is 0 Å². The monoisotopic (exact) mass is 376 g/mol. The summed E-state index contributed by atoms with van der Waals surface area (Å²) >= 11 is 12.6. The number of nitrogens with two attached hydrogens (primary N) is 1. The molecule has 0 fully saturated rings. The van der Waals surface area contributed by atoms with Gasteiger partial charge in [-0.3, -0.25) is 0 Å². The van der Waals surface area contributed by atoms with E-state index in [9.17, 15) is 0 Å². The topological polar surface area (TPSA) is 63.8 Å². The molecule has 2 rings (SSSR count). The Bertz CT molecular complexity index is 542. The highest BCUT2D eigenvalue weighted by Gasteiger charge is 2.05. The first kappa shape index (κ1) is 12.6. The molecule has 0 bridgehead atoms. The largest absolute Gasteiger partial charge is 0.383 e. The molecule has 0 spiro atoms. The molecule has 0 radical (unpaired) electrons. The minimum Gasteiger partial charge on any atom is -0.383 e. The third-order valence-corrected chi connectivity index (χ3v) is 3.10. The predicted molar refractivity (Wildman–Crippen MR) is 76.6 cm³/mol. The molecular formula is C10H7Br2ClN4. The molecule has 0 unspecified atom stereocenters. The number of aromatic nitrogens is 2. The number of halogens is 3. The van der Waals surface area contributed by atoms with Crippen LogP contribution in [0.15, 0.2) is 33.3 Å². The van der Waals surface area contributed by atoms with E-state index in [4.69, 9.17) is 17.3 Å². The van der Waals surface area contributed by atoms with E-state index < -0.39 is 0 Å². The quantitative estimate of drug-likeness (QED) is 0.776. The molecule has 0 aliphatic rings. The molecule has 0 aliphatic carbocycles. The van der Waals surface area contributed by atoms with Crippen LogP contribution in [0.3, 0.4) is 0 Å². The molecular weight excluding hydrogens is 371 g/mol. The minimum atomic E-state index is 0.377. The van der Waals surface area contributed by atoms with E-state index >= 15 is 0 Å². The van der Waals surface area contributed by atoms with Crippen molar-refractivity contribution in [2.75, 3.05) is 11.1 Å². The van der Waals surface area contributed by atoms with Gasteiger partial charge < -0.3 is 11.1 Å². The number of rotatable bonds is 2. The Labute approximate surface area is 120 Å². The molecule has 0 amide bonds. The maximum atomic E-state index is 6.07. The van der Waals surface area contributed by atoms with Gasteiger partial charge in [-0.2, -0.15) is 4.98 Å². The molecule has 17 heavy (non-hydrogen) atoms. The second-order valence-electron chi connectivity index (χ2n) is 3.19. The Morgan fingerprint density at radius 1 is 1.18 bits per heavy atom. The molecule has 88 valence electrons. The Balaban J connectivity index is 2.31. The van der Waals surface area contributed by atoms with E-state index in [1.54, 1.807) is 12.1 Å². The van der Waals surface area contributed by atoms with E-state index in [0.29, 0.717) is 27.1 Å². The molecule has 0 saturated carbocycles. The van der Waals surface area contributed by atoms with Crippen molar-refractivity contribution in [3.05, 3.63) is 38.4 Å². The molecule has 0 aliphatic heterocycles. The molecule has 1 aromatic carbocycles. The van der Waals surface area contributed by atoms with Crippen molar-refractivity contribution in [1.82, 2.24) is 9.97 Å². The third kappa shape index (κ3) is 3.31. The van der Waals surface area contributed by atoms with E-state index in [2.05, 4.69) is 47.1 Å². The molecule has 7 heteroatoms. The Hall–Kier alpha value is -0.850. The van der Waals surface area contributed by atoms with Gasteiger partial charge in [0.2, 0.25) is 5.95 Å². The zero-order valence-electron chi connectivity index (χ0n) is 8.42. The number of nitrogen functional groups attached to an aromatic ring is 1. The standard InChI is InChI=1S/C10H7Br2ClN4/c11-5-1-2-7(6(13)3-5)15-10-16-8(12)4-9(14)17-10/h1-4H,(H3,14,15,16,17). The van der Waals surface area contributed by atoms with Crippen molar-refractivity contribution >= 4 is 60.9 Å². The molecule has 3 N–H and O–H groups in total. The lowest BCUT2D eigenvalue weighted by atomic mass is 10.3. The van der Waals surface area contributed by atoms with Crippen LogP contribution in [0.5, 0.6) is 0 Å². The van der Waals surface area contributed by atoms with Crippen molar-refractivity contribution in [2.45, 2.75) is 0 Å². The number of benzene rings is 1. The first-order chi connectivity index (χ1) is 8.04. The van der Waals surface area contributed by atoms with Crippen LogP contribution in [0.4, 0.5) is 17.5 Å². The molecule has 1 aromatic heterocycles. The summed E-state index contributed by atoms with van der Waals surface area (Å²) in [6, 6.07) is 7.10. The highest BCUT2D eigenvalue weighted by Crippen LogP contribution is 2.27. The average molecular weight is 378 g/mol. The van der Waals surface area contributed by atoms with Crippen molar-refractivity contribution in [3.63, 3.8) is 0 Å². The summed E-state index contributed by atoms with van der Waals surface area (Å²) < 4.78 is 1.52. The van der Waals surface area contributed by atoms with Crippen LogP contribution < -0.4 is 11.1 Å². The summed E-state index contributed by atoms with van der Waals surface area (Å²) in [6.07, 6.45) is 0. The second kappa shape index (κ2) is 5.20. The zero-order valence-corrected chi connectivity index (χ0v) is 12.3. The molecule has 0 atom stereocenters. The summed E-state index contributed by atoms with van der Waals surface area (Å²) in [4.78, 5) is 8.18. The summed E-state index contributed by atoms with van der Waals surface area (Å²) in [5.41, 5.74) is 6.33. The maximum Gasteiger partial charge on any atom is 0.230 e. The zero-order chi connectivity index (χ0) is 12.4. The van der Waals surface area contributed by atoms with Gasteiger partial charge in [0.25, 0.3) is 0 Å². The Morgan fingerprint density at radius 3 is 2.59 bits per heavy atom. The summed E-state index contributed by atoms with van der Waals surface area (Å²) in [7, 11) is 0. The average Bonchev–Trinajstić information content (AvgIpc) is 2.21. The van der Waals surface area contributed by atoms with Gasteiger partial charge in [-0.15, -0.1) is 0 Å². The third-order valence-electron chi connectivity index (χ3n) is 1.89. The van der Waals surface area contributed by atoms with Gasteiger partial charge in [0.05, 0.1) is 10.7 Å². The van der Waals surface area contributed by atoms with Crippen molar-refractivity contribution in [1.29, 1.82) is 0 Å². The second-order valence-corrected chi connectivity index (χ2v) is 5.32. The van der Waals surface area contributed by atoms with Crippen LogP contribution >= 0.6 is 43.5 Å². The summed E-state index contributed by atoms with van der Waals surface area (Å²) in [6.45, 7) is 0. The highest BCUT2D eigenvalue weighted by molar-refractivity contribution is 9.10. The maximum absolute atomic E-state index is 6.07. The van der Waals surface area contributed by atoms with Gasteiger partial charge in [0.15, 0.2) is 0 Å². The molecule has 0 saturated heterocycles. The van der Waals surface area contributed by atoms with Crippen molar-refractivity contribution in [3.8, 4) is 0 Å². The number of nitrogens with zero attached hydrogens (tertiary/aromatic N) is 2. The summed E-state index contributed by atoms with van der Waals surface area (Å²) in [5.74, 6) is 0.767. The Morgan fingerprint density at radius 2 is 1.94 bits per heavy atom. The van der Waals surface area contributed by atoms with E-state index in [1.165, 1.54) is 0 Å². The number of anilines is 3. The fourth-order valence-corrected chi connectivity index (χ4v) is 2.33. The van der Waals surface area contributed by atoms with Crippen LogP contribution in [0.2, 0.25) is 5.02 Å². The van der Waals surface area contributed by atoms with Crippen LogP contribution in [0.25, 0.3) is 0 Å². The van der Waals surface area contributed by atoms with Gasteiger partial charge >= 0.3 is 0 Å². The fourth-order valence-electron chi connectivity index (χ4n) is 1.20. The normalized spacial score (nSPS) is 10.3. The van der Waals surface area contributed by atoms with E-state index in [1.807, 2.05) is 12.1 Å². The number of hydrogen-bond acceptors (Lipinski definition) is 4. The van der Waals surface area contributed by atoms with E-state index in [0.717, 1.165) is 4.47 Å². The number of nitrogens with one attached hydrogen (secondary N) is 1. The van der Waals surface area contributed by atoms with Gasteiger partial charge in [0, 0.05) is 10.5 Å². The first-order valence-corrected chi connectivity index (χ1v) is 6.53. The van der Waals surface area contributed by atoms with Gasteiger partial charge in [-0.05, 0) is 34.1 Å². The van der Waals surface area contributed by atoms with Crippen molar-refractivity contribution < 1.29 is 0 Å². The molecule has 1 heterocycles. The van der Waals surface area contributed by atoms with Crippen LogP contribution in [0, 0.1) is 0 Å². The molecule has 4 nitrogen and oxygen atoms in total. The highest BCUT2D eigenvalue weighted by atomic mass is 79.9. The SMILES string of the molecule is Nc1cc(Br)nc(Nc2ccc(Br)cc2Cl)n1. The van der Waals surface area contributed by atoms with Gasteiger partial charge in [-0.25, -0.2) is 4.98 Å². The smallest absolute Gasteiger partial charge is 0.230 e. The van der Waals surface area contributed by atoms with Crippen molar-refractivity contribution in [2.24, 2.45) is 0 Å². The van der Waals surface area contributed by atoms with Gasteiger partial charge in [0.1, 0.15) is 10.4 Å². The number of hydrogen-bond donors (Lipinski definition) is 2. The lowest BCUT2D eigenvalue weighted by molar-refractivity contribution is 1.15. The Kier molecular flexibility index (Phi) is 3.86. The molecule has 2 aromatic rings. The van der Waals surface area contributed by atoms with Crippen LogP contribution in [-0.2, 0) is 0 Å². The predicted octanol–water partition coefficient (Wildman–Crippen LogP) is 3.98. The lowest BCUT2D eigenvalue weighted by Crippen LogP contribution is -2.00. The first-order valence-electron chi connectivity index (χ1n) is 4.57. The van der Waals surface area contributed by atoms with Gasteiger partial charge in [-0.1, -0.05) is 27.5 Å². The van der Waals surface area contributed by atoms with Crippen LogP contribution in [-0.4, -0.2) is 9.97 Å². The lowest BCUT2D eigenvalue weighted by Gasteiger charge is -2.07. The minimum absolute atomic E-state index is 0.377. The van der Waals surface area contributed by atoms with Crippen LogP contribution in [0.1, 0.15) is 0 Å². The fraction of sp³-hybridized carbons (Fsp3) is 0. The summed E-state index contributed by atoms with van der Waals surface area (Å²) in [5, 5.41) is 3.57.